The normalized spacial score (nSPS) is 15.1. The summed E-state index contributed by atoms with van der Waals surface area (Å²) in [5.41, 5.74) is 1.48. The van der Waals surface area contributed by atoms with Crippen LogP contribution in [0.3, 0.4) is 0 Å². The first-order valence-corrected chi connectivity index (χ1v) is 10.1. The predicted octanol–water partition coefficient (Wildman–Crippen LogP) is 3.29. The number of amides is 1. The molecule has 0 saturated carbocycles. The maximum Gasteiger partial charge on any atom is 0.363 e. The van der Waals surface area contributed by atoms with Crippen molar-refractivity contribution >= 4 is 23.9 Å². The summed E-state index contributed by atoms with van der Waals surface area (Å²) in [5.74, 6) is 1.03. The van der Waals surface area contributed by atoms with Crippen LogP contribution in [0.2, 0.25) is 0 Å². The van der Waals surface area contributed by atoms with Crippen molar-refractivity contribution < 1.29 is 28.5 Å². The van der Waals surface area contributed by atoms with E-state index in [9.17, 15) is 9.59 Å². The maximum atomic E-state index is 12.3. The van der Waals surface area contributed by atoms with Gasteiger partial charge in [0.15, 0.2) is 23.3 Å². The number of ether oxygens (including phenoxy) is 4. The van der Waals surface area contributed by atoms with Crippen LogP contribution >= 0.6 is 0 Å². The average molecular weight is 438 g/mol. The van der Waals surface area contributed by atoms with Gasteiger partial charge in [0, 0.05) is 19.7 Å². The van der Waals surface area contributed by atoms with E-state index in [1.165, 1.54) is 4.90 Å². The minimum atomic E-state index is -0.673. The highest BCUT2D eigenvalue weighted by molar-refractivity contribution is 6.13. The number of esters is 1. The number of methoxy groups -OCH3 is 1. The summed E-state index contributed by atoms with van der Waals surface area (Å²) < 4.78 is 22.0. The number of hydrogen-bond acceptors (Lipinski definition) is 7. The van der Waals surface area contributed by atoms with Gasteiger partial charge >= 0.3 is 5.97 Å². The Bertz CT molecular complexity index is 1070. The Balaban J connectivity index is 1.87. The number of nitrogens with zero attached hydrogens (tertiary/aromatic N) is 2. The molecule has 1 heterocycles. The number of benzene rings is 2. The predicted molar refractivity (Wildman–Crippen MR) is 120 cm³/mol. The highest BCUT2D eigenvalue weighted by Crippen LogP contribution is 2.31. The van der Waals surface area contributed by atoms with Crippen molar-refractivity contribution in [1.82, 2.24) is 4.90 Å². The van der Waals surface area contributed by atoms with Crippen LogP contribution in [0, 0.1) is 0 Å². The molecule has 0 aliphatic carbocycles. The van der Waals surface area contributed by atoms with Crippen molar-refractivity contribution in [2.45, 2.75) is 20.0 Å². The number of aliphatic imine (C=N–C) groups is 1. The van der Waals surface area contributed by atoms with Crippen LogP contribution in [0.25, 0.3) is 6.08 Å². The Labute approximate surface area is 187 Å². The lowest BCUT2D eigenvalue weighted by molar-refractivity contribution is -0.135. The van der Waals surface area contributed by atoms with Crippen LogP contribution < -0.4 is 14.2 Å². The second-order valence-electron chi connectivity index (χ2n) is 7.20. The van der Waals surface area contributed by atoms with E-state index in [-0.39, 0.29) is 17.5 Å². The minimum Gasteiger partial charge on any atom is -0.497 e. The van der Waals surface area contributed by atoms with Gasteiger partial charge in [-0.15, -0.1) is 0 Å². The minimum absolute atomic E-state index is 0.160. The summed E-state index contributed by atoms with van der Waals surface area (Å²) in [7, 11) is 4.90. The molecule has 0 radical (unpaired) electrons. The summed E-state index contributed by atoms with van der Waals surface area (Å²) in [4.78, 5) is 30.3. The summed E-state index contributed by atoms with van der Waals surface area (Å²) in [6.07, 6.45) is 0.934. The fraction of sp³-hybridized carbons (Fsp3) is 0.292. The van der Waals surface area contributed by atoms with E-state index in [0.29, 0.717) is 35.0 Å². The van der Waals surface area contributed by atoms with Crippen molar-refractivity contribution in [2.24, 2.45) is 4.99 Å². The van der Waals surface area contributed by atoms with Crippen LogP contribution in [0.15, 0.2) is 53.2 Å². The highest BCUT2D eigenvalue weighted by atomic mass is 16.6. The lowest BCUT2D eigenvalue weighted by Gasteiger charge is -2.20. The van der Waals surface area contributed by atoms with Gasteiger partial charge < -0.3 is 23.8 Å². The molecule has 32 heavy (non-hydrogen) atoms. The van der Waals surface area contributed by atoms with Gasteiger partial charge in [0.2, 0.25) is 5.90 Å². The molecule has 0 N–H and O–H groups in total. The van der Waals surface area contributed by atoms with E-state index >= 15 is 0 Å². The number of carbonyl (C=O) groups is 2. The van der Waals surface area contributed by atoms with Crippen LogP contribution in [0.4, 0.5) is 0 Å². The second-order valence-corrected chi connectivity index (χ2v) is 7.20. The highest BCUT2D eigenvalue weighted by Gasteiger charge is 2.25. The Morgan fingerprint density at radius 2 is 1.97 bits per heavy atom. The topological polar surface area (TPSA) is 86.7 Å². The maximum absolute atomic E-state index is 12.3. The first-order valence-electron chi connectivity index (χ1n) is 10.1. The zero-order valence-electron chi connectivity index (χ0n) is 18.7. The Morgan fingerprint density at radius 3 is 2.66 bits per heavy atom. The third-order valence-corrected chi connectivity index (χ3v) is 4.60. The summed E-state index contributed by atoms with van der Waals surface area (Å²) in [5, 5.41) is 0. The molecule has 0 bridgehead atoms. The van der Waals surface area contributed by atoms with E-state index in [1.807, 2.05) is 6.92 Å². The van der Waals surface area contributed by atoms with Crippen molar-refractivity contribution in [3.8, 4) is 17.2 Å². The fourth-order valence-corrected chi connectivity index (χ4v) is 3.03. The van der Waals surface area contributed by atoms with Gasteiger partial charge in [-0.1, -0.05) is 12.1 Å². The van der Waals surface area contributed by atoms with E-state index < -0.39 is 12.1 Å². The summed E-state index contributed by atoms with van der Waals surface area (Å²) in [6.45, 7) is 3.94. The fourth-order valence-electron chi connectivity index (χ4n) is 3.03. The van der Waals surface area contributed by atoms with Crippen LogP contribution in [0.5, 0.6) is 17.2 Å². The molecule has 1 aliphatic heterocycles. The molecule has 1 atom stereocenters. The number of carbonyl (C=O) groups excluding carboxylic acids is 2. The van der Waals surface area contributed by atoms with Crippen molar-refractivity contribution in [2.75, 3.05) is 27.8 Å². The Kier molecular flexibility index (Phi) is 7.14. The molecule has 2 aromatic rings. The van der Waals surface area contributed by atoms with Gasteiger partial charge in [0.05, 0.1) is 13.7 Å². The van der Waals surface area contributed by atoms with E-state index in [4.69, 9.17) is 18.9 Å². The second kappa shape index (κ2) is 10.00. The largest absolute Gasteiger partial charge is 0.497 e. The van der Waals surface area contributed by atoms with Crippen molar-refractivity contribution in [3.05, 3.63) is 59.3 Å². The van der Waals surface area contributed by atoms with E-state index in [2.05, 4.69) is 4.99 Å². The first kappa shape index (κ1) is 22.9. The van der Waals surface area contributed by atoms with E-state index in [0.717, 1.165) is 0 Å². The van der Waals surface area contributed by atoms with Crippen LogP contribution in [-0.4, -0.2) is 56.6 Å². The van der Waals surface area contributed by atoms with Gasteiger partial charge in [-0.3, -0.25) is 4.79 Å². The quantitative estimate of drug-likeness (QED) is 0.464. The lowest BCUT2D eigenvalue weighted by atomic mass is 10.1. The zero-order chi connectivity index (χ0) is 23.3. The number of likely N-dealkylation sites (N-methyl/N-ethyl adjacent to an activating group) is 1. The standard InChI is InChI=1S/C24H26N2O6/c1-6-30-21-13-16(10-11-20(21)31-15(2)23(27)26(3)4)12-19-24(28)32-22(25-19)17-8-7-9-18(14-17)29-5/h7-15H,6H2,1-5H3/b19-12-/t15-/m1/s1. The summed E-state index contributed by atoms with van der Waals surface area (Å²) in [6, 6.07) is 12.3. The number of cyclic esters (lactones) is 1. The molecule has 0 saturated heterocycles. The molecule has 0 unspecified atom stereocenters. The van der Waals surface area contributed by atoms with Gasteiger partial charge in [-0.2, -0.15) is 0 Å². The molecule has 0 fully saturated rings. The SMILES string of the molecule is CCOc1cc(/C=C2\N=C(c3cccc(OC)c3)OC2=O)ccc1O[C@H](C)C(=O)N(C)C. The summed E-state index contributed by atoms with van der Waals surface area (Å²) >= 11 is 0. The first-order chi connectivity index (χ1) is 15.3. The van der Waals surface area contributed by atoms with Crippen molar-refractivity contribution in [1.29, 1.82) is 0 Å². The number of hydrogen-bond donors (Lipinski definition) is 0. The Hall–Kier alpha value is -3.81. The van der Waals surface area contributed by atoms with Gasteiger partial charge in [0.25, 0.3) is 5.91 Å². The van der Waals surface area contributed by atoms with Gasteiger partial charge in [-0.25, -0.2) is 9.79 Å². The third-order valence-electron chi connectivity index (χ3n) is 4.60. The molecule has 8 nitrogen and oxygen atoms in total. The number of rotatable bonds is 8. The van der Waals surface area contributed by atoms with E-state index in [1.54, 1.807) is 76.7 Å². The molecule has 168 valence electrons. The molecule has 1 amide bonds. The molecule has 8 heteroatoms. The molecule has 0 spiro atoms. The van der Waals surface area contributed by atoms with Gasteiger partial charge in [-0.05, 0) is 55.8 Å². The average Bonchev–Trinajstić information content (AvgIpc) is 3.15. The molecule has 3 rings (SSSR count). The molecular formula is C24H26N2O6. The Morgan fingerprint density at radius 1 is 1.19 bits per heavy atom. The molecule has 2 aromatic carbocycles. The van der Waals surface area contributed by atoms with Gasteiger partial charge in [0.1, 0.15) is 5.75 Å². The van der Waals surface area contributed by atoms with Crippen molar-refractivity contribution in [3.63, 3.8) is 0 Å². The zero-order valence-corrected chi connectivity index (χ0v) is 18.7. The van der Waals surface area contributed by atoms with Crippen LogP contribution in [0.1, 0.15) is 25.0 Å². The van der Waals surface area contributed by atoms with Crippen LogP contribution in [-0.2, 0) is 14.3 Å². The molecule has 1 aliphatic rings. The molecular weight excluding hydrogens is 412 g/mol. The third kappa shape index (κ3) is 5.26. The monoisotopic (exact) mass is 438 g/mol. The lowest BCUT2D eigenvalue weighted by Crippen LogP contribution is -2.35. The molecule has 0 aromatic heterocycles. The smallest absolute Gasteiger partial charge is 0.363 e.